The van der Waals surface area contributed by atoms with E-state index in [0.29, 0.717) is 11.1 Å². The fraction of sp³-hybridized carbons (Fsp3) is 0.364. The predicted octanol–water partition coefficient (Wildman–Crippen LogP) is 1.12. The van der Waals surface area contributed by atoms with Crippen molar-refractivity contribution in [2.24, 2.45) is 0 Å². The fourth-order valence-corrected chi connectivity index (χ4v) is 2.78. The van der Waals surface area contributed by atoms with E-state index in [4.69, 9.17) is 5.11 Å². The van der Waals surface area contributed by atoms with Crippen LogP contribution in [0.4, 0.5) is 0 Å². The van der Waals surface area contributed by atoms with Gasteiger partial charge in [-0.3, -0.25) is 9.36 Å². The number of allylic oxidation sites excluding steroid dienone is 2. The van der Waals surface area contributed by atoms with Crippen molar-refractivity contribution in [3.8, 4) is 11.8 Å². The minimum Gasteiger partial charge on any atom is -0.494 e. The third-order valence-electron chi connectivity index (χ3n) is 3.40. The molecule has 0 saturated carbocycles. The normalized spacial score (nSPS) is 25.0. The summed E-state index contributed by atoms with van der Waals surface area (Å²) in [6.07, 6.45) is 4.87. The van der Waals surface area contributed by atoms with Crippen LogP contribution < -0.4 is 0 Å². The van der Waals surface area contributed by atoms with Crippen molar-refractivity contribution in [1.82, 2.24) is 4.57 Å². The van der Waals surface area contributed by atoms with E-state index in [1.807, 2.05) is 12.2 Å². The summed E-state index contributed by atoms with van der Waals surface area (Å²) in [7, 11) is 0. The molecule has 0 aliphatic heterocycles. The Morgan fingerprint density at radius 1 is 1.25 bits per heavy atom. The number of fused-ring (bicyclic) bond motifs is 5. The number of rotatable bonds is 2. The van der Waals surface area contributed by atoms with Gasteiger partial charge in [0.15, 0.2) is 11.8 Å². The molecule has 2 aliphatic rings. The zero-order chi connectivity index (χ0) is 11.4. The van der Waals surface area contributed by atoms with Crippen LogP contribution in [0.1, 0.15) is 29.4 Å². The van der Waals surface area contributed by atoms with Crippen molar-refractivity contribution >= 4 is 5.97 Å². The Bertz CT molecular complexity index is 479. The highest BCUT2D eigenvalue weighted by Crippen LogP contribution is 2.56. The van der Waals surface area contributed by atoms with Crippen molar-refractivity contribution in [3.05, 3.63) is 23.3 Å². The molecule has 3 N–H and O–H groups in total. The van der Waals surface area contributed by atoms with E-state index in [1.54, 1.807) is 0 Å². The zero-order valence-corrected chi connectivity index (χ0v) is 8.42. The van der Waals surface area contributed by atoms with Crippen LogP contribution in [0.5, 0.6) is 11.8 Å². The van der Waals surface area contributed by atoms with Gasteiger partial charge in [0.2, 0.25) is 0 Å². The Balaban J connectivity index is 2.15. The molecule has 2 aliphatic carbocycles. The predicted molar refractivity (Wildman–Crippen MR) is 54.6 cm³/mol. The largest absolute Gasteiger partial charge is 0.494 e. The SMILES string of the molecule is O=C(O)Cn1c(O)c2c(c1O)[C@H]1C=C[C@@H]2C1. The molecule has 0 aromatic carbocycles. The number of aromatic hydroxyl groups is 2. The molecule has 16 heavy (non-hydrogen) atoms. The summed E-state index contributed by atoms with van der Waals surface area (Å²) < 4.78 is 1.05. The van der Waals surface area contributed by atoms with Gasteiger partial charge in [-0.05, 0) is 6.42 Å². The van der Waals surface area contributed by atoms with Gasteiger partial charge in [0.1, 0.15) is 6.54 Å². The first-order valence-corrected chi connectivity index (χ1v) is 5.14. The van der Waals surface area contributed by atoms with Gasteiger partial charge in [-0.1, -0.05) is 12.2 Å². The van der Waals surface area contributed by atoms with Gasteiger partial charge in [0, 0.05) is 23.0 Å². The topological polar surface area (TPSA) is 82.7 Å². The number of carbonyl (C=O) groups is 1. The molecule has 2 bridgehead atoms. The smallest absolute Gasteiger partial charge is 0.323 e. The van der Waals surface area contributed by atoms with Crippen LogP contribution in [-0.4, -0.2) is 25.9 Å². The maximum absolute atomic E-state index is 10.6. The molecule has 0 fully saturated rings. The minimum atomic E-state index is -1.08. The molecule has 2 atom stereocenters. The first kappa shape index (κ1) is 9.33. The van der Waals surface area contributed by atoms with Crippen LogP contribution in [0, 0.1) is 0 Å². The highest BCUT2D eigenvalue weighted by molar-refractivity contribution is 5.69. The van der Waals surface area contributed by atoms with Crippen LogP contribution in [0.15, 0.2) is 12.2 Å². The summed E-state index contributed by atoms with van der Waals surface area (Å²) in [4.78, 5) is 10.6. The summed E-state index contributed by atoms with van der Waals surface area (Å²) in [5.41, 5.74) is 1.40. The number of hydrogen-bond donors (Lipinski definition) is 3. The fourth-order valence-electron chi connectivity index (χ4n) is 2.78. The third kappa shape index (κ3) is 0.973. The minimum absolute atomic E-state index is 0.105. The van der Waals surface area contributed by atoms with Crippen LogP contribution in [0.2, 0.25) is 0 Å². The molecular weight excluding hydrogens is 210 g/mol. The zero-order valence-electron chi connectivity index (χ0n) is 8.42. The molecule has 1 aromatic heterocycles. The van der Waals surface area contributed by atoms with E-state index in [1.165, 1.54) is 0 Å². The van der Waals surface area contributed by atoms with Gasteiger partial charge >= 0.3 is 5.97 Å². The average Bonchev–Trinajstić information content (AvgIpc) is 2.87. The van der Waals surface area contributed by atoms with Crippen molar-refractivity contribution in [1.29, 1.82) is 0 Å². The quantitative estimate of drug-likeness (QED) is 0.653. The summed E-state index contributed by atoms with van der Waals surface area (Å²) in [6, 6.07) is 0. The lowest BCUT2D eigenvalue weighted by molar-refractivity contribution is -0.137. The van der Waals surface area contributed by atoms with Crippen LogP contribution >= 0.6 is 0 Å². The second-order valence-corrected chi connectivity index (χ2v) is 4.29. The van der Waals surface area contributed by atoms with Crippen molar-refractivity contribution in [2.75, 3.05) is 0 Å². The van der Waals surface area contributed by atoms with Gasteiger partial charge in [-0.15, -0.1) is 0 Å². The number of aliphatic carboxylic acids is 1. The molecule has 0 saturated heterocycles. The maximum Gasteiger partial charge on any atom is 0.323 e. The van der Waals surface area contributed by atoms with Gasteiger partial charge < -0.3 is 15.3 Å². The highest BCUT2D eigenvalue weighted by atomic mass is 16.4. The number of carboxylic acid groups (broad SMARTS) is 1. The molecule has 1 heterocycles. The first-order chi connectivity index (χ1) is 7.59. The summed E-state index contributed by atoms with van der Waals surface area (Å²) in [5, 5.41) is 28.5. The second kappa shape index (κ2) is 2.81. The number of hydrogen-bond acceptors (Lipinski definition) is 3. The summed E-state index contributed by atoms with van der Waals surface area (Å²) >= 11 is 0. The standard InChI is InChI=1S/C11H11NO4/c13-7(14)4-12-10(15)8-5-1-2-6(3-5)9(8)11(12)16/h1-2,5-6,15-16H,3-4H2,(H,13,14)/t5-,6+. The van der Waals surface area contributed by atoms with E-state index >= 15 is 0 Å². The molecule has 0 amide bonds. The summed E-state index contributed by atoms with van der Waals surface area (Å²) in [6.45, 7) is -0.413. The molecule has 3 rings (SSSR count). The van der Waals surface area contributed by atoms with Crippen molar-refractivity contribution in [2.45, 2.75) is 24.8 Å². The van der Waals surface area contributed by atoms with Crippen molar-refractivity contribution in [3.63, 3.8) is 0 Å². The molecule has 5 heteroatoms. The molecule has 84 valence electrons. The molecular formula is C11H11NO4. The molecule has 0 spiro atoms. The number of aromatic nitrogens is 1. The van der Waals surface area contributed by atoms with E-state index in [-0.39, 0.29) is 23.6 Å². The Hall–Kier alpha value is -1.91. The van der Waals surface area contributed by atoms with Crippen LogP contribution in [0.25, 0.3) is 0 Å². The average molecular weight is 221 g/mol. The molecule has 0 radical (unpaired) electrons. The van der Waals surface area contributed by atoms with Gasteiger partial charge in [-0.25, -0.2) is 0 Å². The molecule has 5 nitrogen and oxygen atoms in total. The van der Waals surface area contributed by atoms with Gasteiger partial charge in [0.25, 0.3) is 0 Å². The van der Waals surface area contributed by atoms with E-state index < -0.39 is 12.5 Å². The molecule has 1 aromatic rings. The maximum atomic E-state index is 10.6. The van der Waals surface area contributed by atoms with Crippen LogP contribution in [-0.2, 0) is 11.3 Å². The molecule has 0 unspecified atom stereocenters. The lowest BCUT2D eigenvalue weighted by atomic mass is 10.0. The lowest BCUT2D eigenvalue weighted by Crippen LogP contribution is -2.08. The third-order valence-corrected chi connectivity index (χ3v) is 3.40. The monoisotopic (exact) mass is 221 g/mol. The van der Waals surface area contributed by atoms with E-state index in [2.05, 4.69) is 0 Å². The Kier molecular flexibility index (Phi) is 1.64. The van der Waals surface area contributed by atoms with Crippen LogP contribution in [0.3, 0.4) is 0 Å². The summed E-state index contributed by atoms with van der Waals surface area (Å²) in [5.74, 6) is -1.04. The Labute approximate surface area is 91.2 Å². The lowest BCUT2D eigenvalue weighted by Gasteiger charge is -2.06. The Morgan fingerprint density at radius 2 is 1.75 bits per heavy atom. The number of nitrogens with zero attached hydrogens (tertiary/aromatic N) is 1. The van der Waals surface area contributed by atoms with E-state index in [9.17, 15) is 15.0 Å². The van der Waals surface area contributed by atoms with Gasteiger partial charge in [-0.2, -0.15) is 0 Å². The number of carboxylic acids is 1. The van der Waals surface area contributed by atoms with E-state index in [0.717, 1.165) is 11.0 Å². The first-order valence-electron chi connectivity index (χ1n) is 5.14. The Morgan fingerprint density at radius 3 is 2.19 bits per heavy atom. The second-order valence-electron chi connectivity index (χ2n) is 4.29. The van der Waals surface area contributed by atoms with Gasteiger partial charge in [0.05, 0.1) is 0 Å². The van der Waals surface area contributed by atoms with Crippen molar-refractivity contribution < 1.29 is 20.1 Å². The highest BCUT2D eigenvalue weighted by Gasteiger charge is 2.41.